The Labute approximate surface area is 94.0 Å². The highest BCUT2D eigenvalue weighted by molar-refractivity contribution is 5.79. The van der Waals surface area contributed by atoms with E-state index in [1.807, 2.05) is 11.9 Å². The number of carbonyl (C=O) groups excluding carboxylic acids is 1. The van der Waals surface area contributed by atoms with Crippen molar-refractivity contribution in [2.75, 3.05) is 13.6 Å². The van der Waals surface area contributed by atoms with E-state index in [1.165, 1.54) is 0 Å². The molecule has 15 heavy (non-hydrogen) atoms. The second kappa shape index (κ2) is 7.69. The summed E-state index contributed by atoms with van der Waals surface area (Å²) in [6.45, 7) is 6.80. The van der Waals surface area contributed by atoms with Crippen molar-refractivity contribution in [3.63, 3.8) is 0 Å². The number of rotatable bonds is 7. The molecule has 1 unspecified atom stereocenters. The minimum absolute atomic E-state index is 0.0144. The van der Waals surface area contributed by atoms with Gasteiger partial charge in [-0.3, -0.25) is 4.79 Å². The Bertz CT molecular complexity index is 178. The lowest BCUT2D eigenvalue weighted by molar-refractivity contribution is -0.136. The van der Waals surface area contributed by atoms with Crippen LogP contribution in [0.1, 0.15) is 46.5 Å². The lowest BCUT2D eigenvalue weighted by atomic mass is 10.0. The van der Waals surface area contributed by atoms with E-state index in [-0.39, 0.29) is 11.8 Å². The maximum atomic E-state index is 12.1. The Hall–Kier alpha value is -0.570. The summed E-state index contributed by atoms with van der Waals surface area (Å²) in [5.74, 6) is 0.230. The fraction of sp³-hybridized carbons (Fsp3) is 0.917. The van der Waals surface area contributed by atoms with E-state index in [9.17, 15) is 4.79 Å². The van der Waals surface area contributed by atoms with E-state index in [2.05, 4.69) is 20.8 Å². The van der Waals surface area contributed by atoms with Crippen LogP contribution in [0.2, 0.25) is 0 Å². The summed E-state index contributed by atoms with van der Waals surface area (Å²) < 4.78 is 0. The van der Waals surface area contributed by atoms with Crippen LogP contribution in [0.15, 0.2) is 0 Å². The molecule has 90 valence electrons. The monoisotopic (exact) mass is 214 g/mol. The van der Waals surface area contributed by atoms with Crippen LogP contribution in [0.5, 0.6) is 0 Å². The fourth-order valence-electron chi connectivity index (χ4n) is 1.99. The van der Waals surface area contributed by atoms with Crippen LogP contribution in [-0.2, 0) is 4.79 Å². The number of nitrogens with zero attached hydrogens (tertiary/aromatic N) is 1. The van der Waals surface area contributed by atoms with Gasteiger partial charge in [-0.05, 0) is 19.3 Å². The van der Waals surface area contributed by atoms with E-state index in [0.29, 0.717) is 12.6 Å². The van der Waals surface area contributed by atoms with Crippen molar-refractivity contribution in [2.24, 2.45) is 11.7 Å². The molecular weight excluding hydrogens is 188 g/mol. The Balaban J connectivity index is 4.38. The molecule has 0 aliphatic carbocycles. The van der Waals surface area contributed by atoms with Crippen molar-refractivity contribution < 1.29 is 4.79 Å². The third kappa shape index (κ3) is 4.20. The summed E-state index contributed by atoms with van der Waals surface area (Å²) in [7, 11) is 1.90. The van der Waals surface area contributed by atoms with Crippen molar-refractivity contribution in [1.29, 1.82) is 0 Å². The van der Waals surface area contributed by atoms with Gasteiger partial charge in [-0.1, -0.05) is 27.2 Å². The molecule has 1 amide bonds. The first-order valence-electron chi connectivity index (χ1n) is 6.08. The van der Waals surface area contributed by atoms with Crippen LogP contribution in [0, 0.1) is 5.92 Å². The number of hydrogen-bond donors (Lipinski definition) is 1. The molecule has 2 N–H and O–H groups in total. The average Bonchev–Trinajstić information content (AvgIpc) is 2.26. The summed E-state index contributed by atoms with van der Waals surface area (Å²) in [4.78, 5) is 14.0. The van der Waals surface area contributed by atoms with E-state index in [1.54, 1.807) is 0 Å². The zero-order valence-electron chi connectivity index (χ0n) is 10.6. The second-order valence-corrected chi connectivity index (χ2v) is 4.14. The highest BCUT2D eigenvalue weighted by Gasteiger charge is 2.23. The van der Waals surface area contributed by atoms with E-state index >= 15 is 0 Å². The van der Waals surface area contributed by atoms with Crippen LogP contribution < -0.4 is 5.73 Å². The SMILES string of the molecule is CCCC(CN)C(=O)N(C)C(CC)CC. The van der Waals surface area contributed by atoms with Gasteiger partial charge in [0.1, 0.15) is 0 Å². The molecule has 0 rings (SSSR count). The lowest BCUT2D eigenvalue weighted by Crippen LogP contribution is -2.42. The molecule has 3 heteroatoms. The van der Waals surface area contributed by atoms with Crippen LogP contribution in [0.25, 0.3) is 0 Å². The zero-order valence-corrected chi connectivity index (χ0v) is 10.6. The van der Waals surface area contributed by atoms with Gasteiger partial charge in [-0.25, -0.2) is 0 Å². The second-order valence-electron chi connectivity index (χ2n) is 4.14. The quantitative estimate of drug-likeness (QED) is 0.704. The van der Waals surface area contributed by atoms with E-state index in [0.717, 1.165) is 25.7 Å². The Morgan fingerprint density at radius 1 is 1.27 bits per heavy atom. The third-order valence-corrected chi connectivity index (χ3v) is 3.11. The van der Waals surface area contributed by atoms with Crippen molar-refractivity contribution in [1.82, 2.24) is 4.90 Å². The normalized spacial score (nSPS) is 12.9. The maximum absolute atomic E-state index is 12.1. The average molecular weight is 214 g/mol. The van der Waals surface area contributed by atoms with Crippen molar-refractivity contribution in [3.8, 4) is 0 Å². The summed E-state index contributed by atoms with van der Waals surface area (Å²) in [5, 5.41) is 0. The Morgan fingerprint density at radius 2 is 1.80 bits per heavy atom. The highest BCUT2D eigenvalue weighted by atomic mass is 16.2. The number of amides is 1. The van der Waals surface area contributed by atoms with Crippen LogP contribution in [-0.4, -0.2) is 30.4 Å². The van der Waals surface area contributed by atoms with Gasteiger partial charge in [0, 0.05) is 19.6 Å². The molecule has 1 atom stereocenters. The number of carbonyl (C=O) groups is 1. The Morgan fingerprint density at radius 3 is 2.13 bits per heavy atom. The molecule has 0 aromatic rings. The van der Waals surface area contributed by atoms with E-state index in [4.69, 9.17) is 5.73 Å². The van der Waals surface area contributed by atoms with Gasteiger partial charge < -0.3 is 10.6 Å². The van der Waals surface area contributed by atoms with Gasteiger partial charge in [-0.2, -0.15) is 0 Å². The third-order valence-electron chi connectivity index (χ3n) is 3.11. The molecule has 0 spiro atoms. The largest absolute Gasteiger partial charge is 0.343 e. The maximum Gasteiger partial charge on any atom is 0.226 e. The molecule has 0 saturated carbocycles. The predicted octanol–water partition coefficient (Wildman–Crippen LogP) is 2.01. The fourth-order valence-corrected chi connectivity index (χ4v) is 1.99. The lowest BCUT2D eigenvalue weighted by Gasteiger charge is -2.29. The number of nitrogens with two attached hydrogens (primary N) is 1. The molecule has 0 aromatic carbocycles. The summed E-state index contributed by atoms with van der Waals surface area (Å²) in [6.07, 6.45) is 3.95. The summed E-state index contributed by atoms with van der Waals surface area (Å²) in [5.41, 5.74) is 5.63. The van der Waals surface area contributed by atoms with Gasteiger partial charge in [0.05, 0.1) is 5.92 Å². The molecule has 0 saturated heterocycles. The molecule has 0 bridgehead atoms. The molecule has 0 heterocycles. The molecule has 0 aliphatic rings. The molecule has 0 fully saturated rings. The minimum atomic E-state index is 0.0144. The predicted molar refractivity (Wildman–Crippen MR) is 64.6 cm³/mol. The molecule has 3 nitrogen and oxygen atoms in total. The standard InChI is InChI=1S/C12H26N2O/c1-5-8-10(9-13)12(15)14(4)11(6-2)7-3/h10-11H,5-9,13H2,1-4H3. The first-order chi connectivity index (χ1) is 7.12. The molecule has 0 aliphatic heterocycles. The van der Waals surface area contributed by atoms with Crippen LogP contribution in [0.4, 0.5) is 0 Å². The van der Waals surface area contributed by atoms with Crippen molar-refractivity contribution >= 4 is 5.91 Å². The molecule has 0 radical (unpaired) electrons. The highest BCUT2D eigenvalue weighted by Crippen LogP contribution is 2.13. The topological polar surface area (TPSA) is 46.3 Å². The molecule has 0 aromatic heterocycles. The van der Waals surface area contributed by atoms with E-state index < -0.39 is 0 Å². The van der Waals surface area contributed by atoms with Gasteiger partial charge in [0.15, 0.2) is 0 Å². The minimum Gasteiger partial charge on any atom is -0.343 e. The van der Waals surface area contributed by atoms with Crippen LogP contribution >= 0.6 is 0 Å². The van der Waals surface area contributed by atoms with Gasteiger partial charge in [-0.15, -0.1) is 0 Å². The van der Waals surface area contributed by atoms with Crippen molar-refractivity contribution in [2.45, 2.75) is 52.5 Å². The van der Waals surface area contributed by atoms with Crippen molar-refractivity contribution in [3.05, 3.63) is 0 Å². The summed E-state index contributed by atoms with van der Waals surface area (Å²) >= 11 is 0. The molecular formula is C12H26N2O. The first kappa shape index (κ1) is 14.4. The van der Waals surface area contributed by atoms with Gasteiger partial charge >= 0.3 is 0 Å². The van der Waals surface area contributed by atoms with Crippen LogP contribution in [0.3, 0.4) is 0 Å². The summed E-state index contributed by atoms with van der Waals surface area (Å²) in [6, 6.07) is 0.364. The number of hydrogen-bond acceptors (Lipinski definition) is 2. The van der Waals surface area contributed by atoms with Gasteiger partial charge in [0.25, 0.3) is 0 Å². The Kier molecular flexibility index (Phi) is 7.39. The van der Waals surface area contributed by atoms with Gasteiger partial charge in [0.2, 0.25) is 5.91 Å². The zero-order chi connectivity index (χ0) is 11.8. The first-order valence-corrected chi connectivity index (χ1v) is 6.08. The smallest absolute Gasteiger partial charge is 0.226 e.